The fourth-order valence-electron chi connectivity index (χ4n) is 7.99. The van der Waals surface area contributed by atoms with E-state index in [-0.39, 0.29) is 46.3 Å². The monoisotopic (exact) mass is 648 g/mol. The number of nitrogens with zero attached hydrogens (tertiary/aromatic N) is 7. The molecule has 4 aliphatic rings. The van der Waals surface area contributed by atoms with Gasteiger partial charge in [-0.15, -0.1) is 16.6 Å². The van der Waals surface area contributed by atoms with Gasteiger partial charge in [0.2, 0.25) is 5.82 Å². The van der Waals surface area contributed by atoms with Gasteiger partial charge < -0.3 is 19.9 Å². The molecule has 10 nitrogen and oxygen atoms in total. The second kappa shape index (κ2) is 11.7. The lowest BCUT2D eigenvalue weighted by molar-refractivity contribution is 0.0794. The third-order valence-corrected chi connectivity index (χ3v) is 10.3. The fraction of sp³-hybridized carbons (Fsp3) is 0.417. The molecule has 4 aromatic rings. The van der Waals surface area contributed by atoms with Crippen molar-refractivity contribution in [3.63, 3.8) is 0 Å². The van der Waals surface area contributed by atoms with Gasteiger partial charge >= 0.3 is 6.09 Å². The van der Waals surface area contributed by atoms with Crippen LogP contribution < -0.4 is 10.2 Å². The summed E-state index contributed by atoms with van der Waals surface area (Å²) in [6.07, 6.45) is 9.82. The average molecular weight is 649 g/mol. The largest absolute Gasteiger partial charge is 0.448 e. The molecule has 8 rings (SSSR count). The molecule has 244 valence electrons. The normalized spacial score (nSPS) is 24.5. The topological polar surface area (TPSA) is 99.6 Å². The Labute approximate surface area is 276 Å². The molecule has 0 unspecified atom stereocenters. The number of benzene rings is 2. The number of amides is 1. The molecule has 0 saturated carbocycles. The van der Waals surface area contributed by atoms with Gasteiger partial charge in [0, 0.05) is 62.8 Å². The maximum Gasteiger partial charge on any atom is 0.409 e. The molecular weight excluding hydrogens is 614 g/mol. The van der Waals surface area contributed by atoms with Crippen molar-refractivity contribution in [1.29, 1.82) is 0 Å². The smallest absolute Gasteiger partial charge is 0.409 e. The van der Waals surface area contributed by atoms with E-state index in [2.05, 4.69) is 48.1 Å². The lowest BCUT2D eigenvalue weighted by Crippen LogP contribution is -2.44. The molecule has 48 heavy (non-hydrogen) atoms. The summed E-state index contributed by atoms with van der Waals surface area (Å²) >= 11 is 0. The summed E-state index contributed by atoms with van der Waals surface area (Å²) in [4.78, 5) is 27.5. The summed E-state index contributed by atoms with van der Waals surface area (Å²) in [5.41, 5.74) is 0.144. The number of aromatic nitrogens is 4. The molecule has 0 spiro atoms. The second-order valence-corrected chi connectivity index (χ2v) is 13.3. The van der Waals surface area contributed by atoms with E-state index in [4.69, 9.17) is 16.1 Å². The highest BCUT2D eigenvalue weighted by atomic mass is 19.1. The molecular formula is C36H34F2N8O2. The molecule has 0 radical (unpaired) electrons. The van der Waals surface area contributed by atoms with Crippen molar-refractivity contribution in [1.82, 2.24) is 35.3 Å². The lowest BCUT2D eigenvalue weighted by atomic mass is 9.95. The van der Waals surface area contributed by atoms with Crippen molar-refractivity contribution in [3.05, 3.63) is 53.4 Å². The summed E-state index contributed by atoms with van der Waals surface area (Å²) in [5, 5.41) is 13.4. The number of ether oxygens (including phenoxy) is 1. The van der Waals surface area contributed by atoms with Crippen LogP contribution in [0.1, 0.15) is 43.5 Å². The van der Waals surface area contributed by atoms with Crippen LogP contribution >= 0.6 is 0 Å². The second-order valence-electron chi connectivity index (χ2n) is 13.3. The zero-order valence-electron chi connectivity index (χ0n) is 26.8. The first-order chi connectivity index (χ1) is 23.3. The number of hydrogen-bond acceptors (Lipinski definition) is 9. The Bertz CT molecular complexity index is 2090. The summed E-state index contributed by atoms with van der Waals surface area (Å²) in [7, 11) is 3.33. The van der Waals surface area contributed by atoms with Crippen LogP contribution in [0, 0.1) is 35.8 Å². The average Bonchev–Trinajstić information content (AvgIpc) is 3.89. The zero-order chi connectivity index (χ0) is 33.2. The van der Waals surface area contributed by atoms with E-state index < -0.39 is 17.2 Å². The minimum absolute atomic E-state index is 0.00127. The van der Waals surface area contributed by atoms with E-state index >= 15 is 4.39 Å². The quantitative estimate of drug-likeness (QED) is 0.328. The molecule has 4 aliphatic heterocycles. The minimum Gasteiger partial charge on any atom is -0.448 e. The Kier molecular flexibility index (Phi) is 7.39. The number of carbonyl (C=O) groups excluding carboxylic acids is 1. The van der Waals surface area contributed by atoms with Crippen molar-refractivity contribution in [2.24, 2.45) is 0 Å². The van der Waals surface area contributed by atoms with Crippen molar-refractivity contribution in [3.8, 4) is 35.4 Å². The summed E-state index contributed by atoms with van der Waals surface area (Å²) < 4.78 is 37.1. The maximum atomic E-state index is 16.8. The van der Waals surface area contributed by atoms with E-state index in [0.717, 1.165) is 45.2 Å². The van der Waals surface area contributed by atoms with Crippen molar-refractivity contribution < 1.29 is 18.3 Å². The number of anilines is 1. The molecule has 12 heteroatoms. The van der Waals surface area contributed by atoms with E-state index in [1.165, 1.54) is 11.0 Å². The van der Waals surface area contributed by atoms with Gasteiger partial charge in [0.1, 0.15) is 23.6 Å². The molecule has 6 heterocycles. The van der Waals surface area contributed by atoms with Gasteiger partial charge in [-0.2, -0.15) is 0 Å². The van der Waals surface area contributed by atoms with Gasteiger partial charge in [0.25, 0.3) is 0 Å². The number of carbonyl (C=O) groups is 1. The Morgan fingerprint density at radius 2 is 2.04 bits per heavy atom. The third-order valence-electron chi connectivity index (χ3n) is 10.3. The van der Waals surface area contributed by atoms with Crippen LogP contribution in [0.2, 0.25) is 0 Å². The minimum atomic E-state index is -0.696. The third kappa shape index (κ3) is 4.90. The Hall–Kier alpha value is -4.91. The highest BCUT2D eigenvalue weighted by Gasteiger charge is 2.48. The van der Waals surface area contributed by atoms with E-state index in [0.29, 0.717) is 41.3 Å². The molecule has 2 bridgehead atoms. The maximum absolute atomic E-state index is 16.8. The molecule has 2 aromatic carbocycles. The zero-order valence-corrected chi connectivity index (χ0v) is 26.8. The van der Waals surface area contributed by atoms with Gasteiger partial charge in [-0.25, -0.2) is 23.5 Å². The number of terminal acetylenes is 1. The van der Waals surface area contributed by atoms with Gasteiger partial charge in [-0.1, -0.05) is 36.1 Å². The molecule has 0 aliphatic carbocycles. The standard InChI is InChI=1S/C36H34F2N8O2/c1-4-25-27(37)10-9-21-7-5-8-26(29(21)25)31-30(38)32-33(43-42-31)34(45-19-22-17-24(45)18-39-22)41-28(40-32)12-15-36-13-6-16-46(36)23(11-14-36)20-48-35(47)44(2)3/h1,5,7-10,22-24,39H,6,11,13-14,16-20H2,2-3H3/t22-,23-,24-,36-/m1/s1. The molecule has 4 atom stereocenters. The molecule has 2 aromatic heterocycles. The predicted molar refractivity (Wildman–Crippen MR) is 177 cm³/mol. The summed E-state index contributed by atoms with van der Waals surface area (Å²) in [6, 6.07) is 8.68. The van der Waals surface area contributed by atoms with E-state index in [1.807, 2.05) is 0 Å². The Morgan fingerprint density at radius 3 is 2.81 bits per heavy atom. The van der Waals surface area contributed by atoms with Gasteiger partial charge in [-0.3, -0.25) is 4.90 Å². The number of rotatable bonds is 4. The van der Waals surface area contributed by atoms with Crippen LogP contribution in [0.25, 0.3) is 33.1 Å². The van der Waals surface area contributed by atoms with Gasteiger partial charge in [-0.05, 0) is 49.5 Å². The predicted octanol–water partition coefficient (Wildman–Crippen LogP) is 4.10. The molecule has 1 amide bonds. The number of fused-ring (bicyclic) bond motifs is 5. The first-order valence-electron chi connectivity index (χ1n) is 16.3. The van der Waals surface area contributed by atoms with Crippen LogP contribution in [0.15, 0.2) is 30.3 Å². The molecule has 4 saturated heterocycles. The van der Waals surface area contributed by atoms with Crippen molar-refractivity contribution in [2.75, 3.05) is 45.2 Å². The van der Waals surface area contributed by atoms with Crippen molar-refractivity contribution >= 4 is 33.7 Å². The number of piperazine rings is 1. The SMILES string of the molecule is C#Cc1c(F)ccc2cccc(-c3nnc4c(N5C[C@H]6C[C@@H]5CN6)nc(C#C[C@]56CCCN5[C@@H](COC(=O)N(C)C)CC6)nc4c3F)c12. The number of halogens is 2. The Balaban J connectivity index is 1.23. The first kappa shape index (κ1) is 30.4. The highest BCUT2D eigenvalue weighted by Crippen LogP contribution is 2.42. The first-order valence-corrected chi connectivity index (χ1v) is 16.3. The van der Waals surface area contributed by atoms with Crippen molar-refractivity contribution in [2.45, 2.75) is 55.8 Å². The molecule has 1 N–H and O–H groups in total. The van der Waals surface area contributed by atoms with Gasteiger partial charge in [0.05, 0.1) is 11.1 Å². The highest BCUT2D eigenvalue weighted by molar-refractivity contribution is 6.01. The van der Waals surface area contributed by atoms with E-state index in [1.54, 1.807) is 38.4 Å². The van der Waals surface area contributed by atoms with Crippen LogP contribution in [-0.2, 0) is 4.74 Å². The van der Waals surface area contributed by atoms with Crippen LogP contribution in [-0.4, -0.2) is 100 Å². The number of hydrogen-bond donors (Lipinski definition) is 1. The van der Waals surface area contributed by atoms with E-state index in [9.17, 15) is 9.18 Å². The Morgan fingerprint density at radius 1 is 1.17 bits per heavy atom. The molecule has 4 fully saturated rings. The number of nitrogens with one attached hydrogen (secondary N) is 1. The fourth-order valence-corrected chi connectivity index (χ4v) is 7.99. The van der Waals surface area contributed by atoms with Crippen LogP contribution in [0.3, 0.4) is 0 Å². The lowest BCUT2D eigenvalue weighted by Gasteiger charge is -2.30. The van der Waals surface area contributed by atoms with Gasteiger partial charge in [0.15, 0.2) is 17.2 Å². The van der Waals surface area contributed by atoms with Crippen LogP contribution in [0.5, 0.6) is 0 Å². The van der Waals surface area contributed by atoms with Crippen LogP contribution in [0.4, 0.5) is 19.4 Å². The summed E-state index contributed by atoms with van der Waals surface area (Å²) in [6.45, 7) is 2.65. The summed E-state index contributed by atoms with van der Waals surface area (Å²) in [5.74, 6) is 8.58.